The predicted octanol–water partition coefficient (Wildman–Crippen LogP) is 5.46. The predicted molar refractivity (Wildman–Crippen MR) is 110 cm³/mol. The molecule has 1 aromatic heterocycles. The number of hydrogen-bond acceptors (Lipinski definition) is 3. The third-order valence-electron chi connectivity index (χ3n) is 3.82. The Bertz CT molecular complexity index is 967. The van der Waals surface area contributed by atoms with E-state index in [9.17, 15) is 4.39 Å². The molecule has 3 aromatic rings. The number of benzene rings is 2. The van der Waals surface area contributed by atoms with Gasteiger partial charge in [0.05, 0.1) is 0 Å². The first kappa shape index (κ1) is 19.1. The van der Waals surface area contributed by atoms with Crippen LogP contribution in [0.5, 0.6) is 11.6 Å². The molecule has 0 spiro atoms. The monoisotopic (exact) mass is 401 g/mol. The second kappa shape index (κ2) is 8.79. The molecule has 0 saturated heterocycles. The van der Waals surface area contributed by atoms with Gasteiger partial charge in [0, 0.05) is 35.1 Å². The van der Waals surface area contributed by atoms with Crippen molar-refractivity contribution in [3.05, 3.63) is 82.8 Å². The lowest BCUT2D eigenvalue weighted by Crippen LogP contribution is -2.28. The van der Waals surface area contributed by atoms with Crippen LogP contribution in [0.4, 0.5) is 10.1 Å². The summed E-state index contributed by atoms with van der Waals surface area (Å²) in [6, 6.07) is 15.2. The number of halogens is 2. The van der Waals surface area contributed by atoms with Crippen molar-refractivity contribution in [2.75, 3.05) is 5.32 Å². The van der Waals surface area contributed by atoms with Crippen molar-refractivity contribution >= 4 is 34.6 Å². The smallest absolute Gasteiger partial charge is 0.224 e. The lowest BCUT2D eigenvalue weighted by atomic mass is 10.2. The van der Waals surface area contributed by atoms with Gasteiger partial charge in [-0.05, 0) is 55.0 Å². The standard InChI is InChI=1S/C20H17ClFN3OS/c1-13-17(21)8-3-9-18(13)25-20(27)24-12-14-5-4-10-23-19(14)26-16-7-2-6-15(22)11-16/h2-11H,12H2,1H3,(H2,24,25,27). The van der Waals surface area contributed by atoms with E-state index < -0.39 is 0 Å². The van der Waals surface area contributed by atoms with Gasteiger partial charge in [-0.2, -0.15) is 0 Å². The molecule has 0 aliphatic rings. The van der Waals surface area contributed by atoms with Gasteiger partial charge in [0.15, 0.2) is 5.11 Å². The number of pyridine rings is 1. The number of hydrogen-bond donors (Lipinski definition) is 2. The Kier molecular flexibility index (Phi) is 6.21. The highest BCUT2D eigenvalue weighted by Gasteiger charge is 2.09. The third-order valence-corrected chi connectivity index (χ3v) is 4.47. The fourth-order valence-corrected chi connectivity index (χ4v) is 2.73. The molecule has 0 amide bonds. The molecule has 0 atom stereocenters. The van der Waals surface area contributed by atoms with Gasteiger partial charge in [0.25, 0.3) is 0 Å². The Balaban J connectivity index is 1.66. The molecule has 0 bridgehead atoms. The van der Waals surface area contributed by atoms with Gasteiger partial charge in [-0.25, -0.2) is 9.37 Å². The second-order valence-corrected chi connectivity index (χ2v) is 6.56. The second-order valence-electron chi connectivity index (χ2n) is 5.75. The largest absolute Gasteiger partial charge is 0.439 e. The first-order chi connectivity index (χ1) is 13.0. The van der Waals surface area contributed by atoms with Crippen molar-refractivity contribution < 1.29 is 9.13 Å². The summed E-state index contributed by atoms with van der Waals surface area (Å²) >= 11 is 11.5. The molecule has 0 fully saturated rings. The zero-order valence-corrected chi connectivity index (χ0v) is 16.1. The fraction of sp³-hybridized carbons (Fsp3) is 0.100. The lowest BCUT2D eigenvalue weighted by molar-refractivity contribution is 0.451. The average molecular weight is 402 g/mol. The maximum Gasteiger partial charge on any atom is 0.224 e. The summed E-state index contributed by atoms with van der Waals surface area (Å²) in [5.74, 6) is 0.396. The van der Waals surface area contributed by atoms with E-state index in [2.05, 4.69) is 15.6 Å². The zero-order valence-electron chi connectivity index (χ0n) is 14.5. The molecule has 0 aliphatic heterocycles. The Morgan fingerprint density at radius 3 is 2.81 bits per heavy atom. The first-order valence-corrected chi connectivity index (χ1v) is 8.99. The summed E-state index contributed by atoms with van der Waals surface area (Å²) in [6.07, 6.45) is 1.62. The van der Waals surface area contributed by atoms with Gasteiger partial charge < -0.3 is 15.4 Å². The Hall–Kier alpha value is -2.70. The van der Waals surface area contributed by atoms with Crippen LogP contribution in [0.15, 0.2) is 60.8 Å². The molecule has 138 valence electrons. The van der Waals surface area contributed by atoms with Crippen molar-refractivity contribution in [1.29, 1.82) is 0 Å². The molecule has 4 nitrogen and oxygen atoms in total. The first-order valence-electron chi connectivity index (χ1n) is 8.20. The van der Waals surface area contributed by atoms with Crippen molar-refractivity contribution in [1.82, 2.24) is 10.3 Å². The van der Waals surface area contributed by atoms with Crippen LogP contribution in [0.25, 0.3) is 0 Å². The maximum absolute atomic E-state index is 13.3. The molecule has 27 heavy (non-hydrogen) atoms. The molecular formula is C20H17ClFN3OS. The minimum atomic E-state index is -0.370. The van der Waals surface area contributed by atoms with Crippen molar-refractivity contribution in [2.24, 2.45) is 0 Å². The number of anilines is 1. The van der Waals surface area contributed by atoms with Crippen LogP contribution in [-0.4, -0.2) is 10.1 Å². The number of nitrogens with one attached hydrogen (secondary N) is 2. The zero-order chi connectivity index (χ0) is 19.2. The fourth-order valence-electron chi connectivity index (χ4n) is 2.38. The molecule has 1 heterocycles. The molecular weight excluding hydrogens is 385 g/mol. The van der Waals surface area contributed by atoms with E-state index >= 15 is 0 Å². The van der Waals surface area contributed by atoms with E-state index in [0.29, 0.717) is 28.3 Å². The van der Waals surface area contributed by atoms with E-state index in [-0.39, 0.29) is 5.82 Å². The minimum absolute atomic E-state index is 0.370. The Labute approximate surface area is 167 Å². The Morgan fingerprint density at radius 1 is 1.19 bits per heavy atom. The molecule has 2 N–H and O–H groups in total. The van der Waals surface area contributed by atoms with E-state index in [1.807, 2.05) is 31.2 Å². The number of rotatable bonds is 5. The minimum Gasteiger partial charge on any atom is -0.439 e. The van der Waals surface area contributed by atoms with Gasteiger partial charge in [0.2, 0.25) is 5.88 Å². The van der Waals surface area contributed by atoms with Crippen molar-refractivity contribution in [3.63, 3.8) is 0 Å². The molecule has 0 radical (unpaired) electrons. The quantitative estimate of drug-likeness (QED) is 0.556. The van der Waals surface area contributed by atoms with Crippen LogP contribution in [0.3, 0.4) is 0 Å². The lowest BCUT2D eigenvalue weighted by Gasteiger charge is -2.14. The molecule has 0 saturated carbocycles. The Morgan fingerprint density at radius 2 is 2.00 bits per heavy atom. The van der Waals surface area contributed by atoms with Gasteiger partial charge in [-0.15, -0.1) is 0 Å². The topological polar surface area (TPSA) is 46.2 Å². The highest BCUT2D eigenvalue weighted by atomic mass is 35.5. The maximum atomic E-state index is 13.3. The van der Waals surface area contributed by atoms with E-state index in [1.165, 1.54) is 12.1 Å². The van der Waals surface area contributed by atoms with Gasteiger partial charge in [-0.1, -0.05) is 29.8 Å². The number of thiocarbonyl (C=S) groups is 1. The van der Waals surface area contributed by atoms with Crippen LogP contribution < -0.4 is 15.4 Å². The van der Waals surface area contributed by atoms with Gasteiger partial charge in [-0.3, -0.25) is 0 Å². The van der Waals surface area contributed by atoms with E-state index in [4.69, 9.17) is 28.6 Å². The molecule has 7 heteroatoms. The van der Waals surface area contributed by atoms with E-state index in [0.717, 1.165) is 16.8 Å². The highest BCUT2D eigenvalue weighted by Crippen LogP contribution is 2.24. The summed E-state index contributed by atoms with van der Waals surface area (Å²) in [5, 5.41) is 7.35. The normalized spacial score (nSPS) is 10.3. The molecule has 0 aliphatic carbocycles. The number of nitrogens with zero attached hydrogens (tertiary/aromatic N) is 1. The number of ether oxygens (including phenoxy) is 1. The van der Waals surface area contributed by atoms with Gasteiger partial charge >= 0.3 is 0 Å². The molecule has 0 unspecified atom stereocenters. The molecule has 2 aromatic carbocycles. The SMILES string of the molecule is Cc1c(Cl)cccc1NC(=S)NCc1cccnc1Oc1cccc(F)c1. The third kappa shape index (κ3) is 5.15. The summed E-state index contributed by atoms with van der Waals surface area (Å²) in [6.45, 7) is 2.31. The summed E-state index contributed by atoms with van der Waals surface area (Å²) < 4.78 is 19.0. The summed E-state index contributed by atoms with van der Waals surface area (Å²) in [4.78, 5) is 4.23. The van der Waals surface area contributed by atoms with Crippen LogP contribution in [0.2, 0.25) is 5.02 Å². The van der Waals surface area contributed by atoms with Crippen LogP contribution >= 0.6 is 23.8 Å². The van der Waals surface area contributed by atoms with Gasteiger partial charge in [0.1, 0.15) is 11.6 Å². The highest BCUT2D eigenvalue weighted by molar-refractivity contribution is 7.80. The van der Waals surface area contributed by atoms with Crippen molar-refractivity contribution in [2.45, 2.75) is 13.5 Å². The van der Waals surface area contributed by atoms with E-state index in [1.54, 1.807) is 24.4 Å². The van der Waals surface area contributed by atoms with Crippen LogP contribution in [0.1, 0.15) is 11.1 Å². The average Bonchev–Trinajstić information content (AvgIpc) is 2.65. The van der Waals surface area contributed by atoms with Crippen LogP contribution in [-0.2, 0) is 6.54 Å². The summed E-state index contributed by atoms with van der Waals surface area (Å²) in [5.41, 5.74) is 2.54. The van der Waals surface area contributed by atoms with Crippen molar-refractivity contribution in [3.8, 4) is 11.6 Å². The number of aromatic nitrogens is 1. The molecule has 3 rings (SSSR count). The summed E-state index contributed by atoms with van der Waals surface area (Å²) in [7, 11) is 0. The van der Waals surface area contributed by atoms with Crippen LogP contribution in [0, 0.1) is 12.7 Å².